The number of halogens is 1. The van der Waals surface area contributed by atoms with E-state index in [1.807, 2.05) is 48.5 Å². The molecule has 0 amide bonds. The third-order valence-corrected chi connectivity index (χ3v) is 2.64. The van der Waals surface area contributed by atoms with Crippen molar-refractivity contribution in [3.63, 3.8) is 0 Å². The number of rotatable bonds is 2. The zero-order chi connectivity index (χ0) is 10.7. The van der Waals surface area contributed by atoms with Gasteiger partial charge in [0.1, 0.15) is 0 Å². The predicted octanol–water partition coefficient (Wildman–Crippen LogP) is 4.65. The third-order valence-electron chi connectivity index (χ3n) is 2.31. The van der Waals surface area contributed by atoms with Gasteiger partial charge in [0.15, 0.2) is 0 Å². The van der Waals surface area contributed by atoms with E-state index in [0.717, 1.165) is 21.7 Å². The Hall–Kier alpha value is -1.53. The van der Waals surface area contributed by atoms with Crippen LogP contribution in [0.4, 0.5) is 0 Å². The second kappa shape index (κ2) is 4.33. The SMILES string of the molecule is C=Cc1cccc(-c2ccccc2Cl)c1. The van der Waals surface area contributed by atoms with Crippen LogP contribution in [-0.4, -0.2) is 0 Å². The number of hydrogen-bond acceptors (Lipinski definition) is 0. The number of hydrogen-bond donors (Lipinski definition) is 0. The van der Waals surface area contributed by atoms with E-state index >= 15 is 0 Å². The Labute approximate surface area is 94.8 Å². The van der Waals surface area contributed by atoms with Crippen molar-refractivity contribution in [3.05, 3.63) is 65.7 Å². The van der Waals surface area contributed by atoms with Crippen molar-refractivity contribution >= 4 is 17.7 Å². The molecule has 2 aromatic carbocycles. The molecule has 0 N–H and O–H groups in total. The first-order chi connectivity index (χ1) is 7.31. The third kappa shape index (κ3) is 2.11. The van der Waals surface area contributed by atoms with E-state index in [1.54, 1.807) is 0 Å². The van der Waals surface area contributed by atoms with Gasteiger partial charge in [0.05, 0.1) is 0 Å². The quantitative estimate of drug-likeness (QED) is 0.683. The summed E-state index contributed by atoms with van der Waals surface area (Å²) in [6.07, 6.45) is 1.83. The first-order valence-electron chi connectivity index (χ1n) is 4.78. The molecular weight excluding hydrogens is 204 g/mol. The Kier molecular flexibility index (Phi) is 2.89. The minimum Gasteiger partial charge on any atom is -0.0985 e. The van der Waals surface area contributed by atoms with Gasteiger partial charge in [-0.3, -0.25) is 0 Å². The van der Waals surface area contributed by atoms with Crippen LogP contribution in [0.3, 0.4) is 0 Å². The molecule has 2 rings (SSSR count). The lowest BCUT2D eigenvalue weighted by molar-refractivity contribution is 1.60. The predicted molar refractivity (Wildman–Crippen MR) is 67.0 cm³/mol. The Balaban J connectivity index is 2.54. The average Bonchev–Trinajstić information content (AvgIpc) is 2.30. The highest BCUT2D eigenvalue weighted by Crippen LogP contribution is 2.27. The first-order valence-corrected chi connectivity index (χ1v) is 5.16. The fraction of sp³-hybridized carbons (Fsp3) is 0. The Morgan fingerprint density at radius 2 is 1.80 bits per heavy atom. The molecule has 0 unspecified atom stereocenters. The maximum absolute atomic E-state index is 6.13. The van der Waals surface area contributed by atoms with E-state index in [9.17, 15) is 0 Å². The molecule has 74 valence electrons. The maximum atomic E-state index is 6.13. The fourth-order valence-electron chi connectivity index (χ4n) is 1.53. The monoisotopic (exact) mass is 214 g/mol. The topological polar surface area (TPSA) is 0 Å². The van der Waals surface area contributed by atoms with Crippen LogP contribution in [0.15, 0.2) is 55.1 Å². The molecule has 0 spiro atoms. The normalized spacial score (nSPS) is 9.93. The van der Waals surface area contributed by atoms with Gasteiger partial charge in [0, 0.05) is 10.6 Å². The van der Waals surface area contributed by atoms with E-state index in [1.165, 1.54) is 0 Å². The lowest BCUT2D eigenvalue weighted by Crippen LogP contribution is -1.80. The zero-order valence-electron chi connectivity index (χ0n) is 8.28. The van der Waals surface area contributed by atoms with Gasteiger partial charge >= 0.3 is 0 Å². The lowest BCUT2D eigenvalue weighted by atomic mass is 10.0. The Morgan fingerprint density at radius 3 is 2.53 bits per heavy atom. The van der Waals surface area contributed by atoms with Crippen LogP contribution < -0.4 is 0 Å². The smallest absolute Gasteiger partial charge is 0.0484 e. The van der Waals surface area contributed by atoms with Crippen molar-refractivity contribution in [2.24, 2.45) is 0 Å². The summed E-state index contributed by atoms with van der Waals surface area (Å²) in [6.45, 7) is 3.76. The van der Waals surface area contributed by atoms with Gasteiger partial charge in [-0.25, -0.2) is 0 Å². The summed E-state index contributed by atoms with van der Waals surface area (Å²) < 4.78 is 0. The maximum Gasteiger partial charge on any atom is 0.0484 e. The second-order valence-electron chi connectivity index (χ2n) is 3.31. The highest BCUT2D eigenvalue weighted by atomic mass is 35.5. The van der Waals surface area contributed by atoms with Gasteiger partial charge in [0.25, 0.3) is 0 Å². The lowest BCUT2D eigenvalue weighted by Gasteiger charge is -2.04. The zero-order valence-corrected chi connectivity index (χ0v) is 9.04. The Bertz CT molecular complexity index is 486. The molecule has 0 atom stereocenters. The average molecular weight is 215 g/mol. The highest BCUT2D eigenvalue weighted by molar-refractivity contribution is 6.33. The molecule has 0 aromatic heterocycles. The van der Waals surface area contributed by atoms with Crippen molar-refractivity contribution in [2.75, 3.05) is 0 Å². The standard InChI is InChI=1S/C14H11Cl/c1-2-11-6-5-7-12(10-11)13-8-3-4-9-14(13)15/h2-10H,1H2. The molecule has 1 heteroatoms. The fourth-order valence-corrected chi connectivity index (χ4v) is 1.77. The molecule has 0 radical (unpaired) electrons. The van der Waals surface area contributed by atoms with Crippen LogP contribution in [-0.2, 0) is 0 Å². The minimum absolute atomic E-state index is 0.777. The van der Waals surface area contributed by atoms with Crippen LogP contribution in [0.5, 0.6) is 0 Å². The van der Waals surface area contributed by atoms with Crippen LogP contribution in [0.1, 0.15) is 5.56 Å². The number of benzene rings is 2. The summed E-state index contributed by atoms with van der Waals surface area (Å²) in [5, 5.41) is 0.777. The molecule has 0 aliphatic carbocycles. The van der Waals surface area contributed by atoms with Crippen LogP contribution in [0, 0.1) is 0 Å². The van der Waals surface area contributed by atoms with E-state index in [0.29, 0.717) is 0 Å². The molecule has 0 aliphatic heterocycles. The van der Waals surface area contributed by atoms with Crippen molar-refractivity contribution < 1.29 is 0 Å². The summed E-state index contributed by atoms with van der Waals surface area (Å²) in [5.74, 6) is 0. The van der Waals surface area contributed by atoms with Crippen LogP contribution >= 0.6 is 11.6 Å². The molecule has 0 saturated heterocycles. The Morgan fingerprint density at radius 1 is 1.00 bits per heavy atom. The summed E-state index contributed by atoms with van der Waals surface area (Å²) in [7, 11) is 0. The second-order valence-corrected chi connectivity index (χ2v) is 3.72. The van der Waals surface area contributed by atoms with Crippen molar-refractivity contribution in [3.8, 4) is 11.1 Å². The van der Waals surface area contributed by atoms with Crippen LogP contribution in [0.25, 0.3) is 17.2 Å². The summed E-state index contributed by atoms with van der Waals surface area (Å²) in [4.78, 5) is 0. The van der Waals surface area contributed by atoms with Crippen molar-refractivity contribution in [1.29, 1.82) is 0 Å². The summed E-state index contributed by atoms with van der Waals surface area (Å²) in [5.41, 5.74) is 3.29. The van der Waals surface area contributed by atoms with Gasteiger partial charge < -0.3 is 0 Å². The van der Waals surface area contributed by atoms with Crippen molar-refractivity contribution in [2.45, 2.75) is 0 Å². The van der Waals surface area contributed by atoms with Crippen molar-refractivity contribution in [1.82, 2.24) is 0 Å². The van der Waals surface area contributed by atoms with E-state index < -0.39 is 0 Å². The van der Waals surface area contributed by atoms with E-state index in [-0.39, 0.29) is 0 Å². The van der Waals surface area contributed by atoms with Gasteiger partial charge in [-0.15, -0.1) is 0 Å². The molecule has 0 saturated carbocycles. The van der Waals surface area contributed by atoms with Gasteiger partial charge in [0.2, 0.25) is 0 Å². The highest BCUT2D eigenvalue weighted by Gasteiger charge is 2.01. The molecule has 0 heterocycles. The van der Waals surface area contributed by atoms with Gasteiger partial charge in [-0.05, 0) is 23.3 Å². The molecule has 0 nitrogen and oxygen atoms in total. The van der Waals surface area contributed by atoms with E-state index in [4.69, 9.17) is 11.6 Å². The van der Waals surface area contributed by atoms with Gasteiger partial charge in [-0.1, -0.05) is 60.7 Å². The van der Waals surface area contributed by atoms with Crippen LogP contribution in [0.2, 0.25) is 5.02 Å². The summed E-state index contributed by atoms with van der Waals surface area (Å²) >= 11 is 6.13. The summed E-state index contributed by atoms with van der Waals surface area (Å²) in [6, 6.07) is 16.0. The first kappa shape index (κ1) is 10.0. The largest absolute Gasteiger partial charge is 0.0985 e. The molecule has 15 heavy (non-hydrogen) atoms. The molecule has 0 aliphatic rings. The van der Waals surface area contributed by atoms with E-state index in [2.05, 4.69) is 12.6 Å². The molecule has 2 aromatic rings. The molecular formula is C14H11Cl. The molecule has 0 bridgehead atoms. The minimum atomic E-state index is 0.777. The molecule has 0 fully saturated rings. The van der Waals surface area contributed by atoms with Gasteiger partial charge in [-0.2, -0.15) is 0 Å².